The van der Waals surface area contributed by atoms with Crippen LogP contribution in [0.15, 0.2) is 30.6 Å². The average molecular weight is 362 g/mol. The van der Waals surface area contributed by atoms with Crippen LogP contribution in [0.25, 0.3) is 0 Å². The molecule has 1 heterocycles. The van der Waals surface area contributed by atoms with Crippen molar-refractivity contribution in [2.75, 3.05) is 5.32 Å². The molecule has 2 amide bonds. The Labute approximate surface area is 150 Å². The van der Waals surface area contributed by atoms with E-state index in [2.05, 4.69) is 20.6 Å². The molecule has 26 heavy (non-hydrogen) atoms. The molecule has 0 aliphatic rings. The number of carbonyl (C=O) groups excluding carboxylic acids is 2. The molecule has 8 heteroatoms. The van der Waals surface area contributed by atoms with Gasteiger partial charge in [0.25, 0.3) is 0 Å². The quantitative estimate of drug-likeness (QED) is 0.793. The fraction of sp³-hybridized carbons (Fsp3) is 0.333. The van der Waals surface area contributed by atoms with Crippen molar-refractivity contribution in [3.8, 4) is 0 Å². The maximum atomic E-state index is 13.2. The van der Waals surface area contributed by atoms with Gasteiger partial charge in [0.15, 0.2) is 0 Å². The number of halogens is 2. The van der Waals surface area contributed by atoms with Gasteiger partial charge in [0.05, 0.1) is 6.42 Å². The topological polar surface area (TPSA) is 84.0 Å². The van der Waals surface area contributed by atoms with Crippen LogP contribution < -0.4 is 10.6 Å². The molecule has 0 bridgehead atoms. The van der Waals surface area contributed by atoms with Crippen LogP contribution in [-0.4, -0.2) is 27.8 Å². The third-order valence-corrected chi connectivity index (χ3v) is 3.53. The van der Waals surface area contributed by atoms with Gasteiger partial charge in [0, 0.05) is 18.5 Å². The summed E-state index contributed by atoms with van der Waals surface area (Å²) in [6.45, 7) is 3.69. The fourth-order valence-corrected chi connectivity index (χ4v) is 2.36. The second-order valence-electron chi connectivity index (χ2n) is 5.94. The van der Waals surface area contributed by atoms with E-state index in [1.54, 1.807) is 12.4 Å². The molecule has 0 fully saturated rings. The van der Waals surface area contributed by atoms with Crippen molar-refractivity contribution in [2.24, 2.45) is 0 Å². The number of amides is 2. The summed E-state index contributed by atoms with van der Waals surface area (Å²) >= 11 is 0. The summed E-state index contributed by atoms with van der Waals surface area (Å²) in [5.74, 6) is -2.33. The molecule has 1 unspecified atom stereocenters. The van der Waals surface area contributed by atoms with Crippen molar-refractivity contribution in [1.82, 2.24) is 15.3 Å². The summed E-state index contributed by atoms with van der Waals surface area (Å²) in [5.41, 5.74) is 1.04. The van der Waals surface area contributed by atoms with Crippen LogP contribution in [0.1, 0.15) is 30.9 Å². The van der Waals surface area contributed by atoms with Gasteiger partial charge in [0.1, 0.15) is 17.7 Å². The third kappa shape index (κ3) is 5.87. The van der Waals surface area contributed by atoms with Gasteiger partial charge in [0.2, 0.25) is 17.8 Å². The molecule has 2 rings (SSSR count). The van der Waals surface area contributed by atoms with Crippen molar-refractivity contribution in [2.45, 2.75) is 39.2 Å². The lowest BCUT2D eigenvalue weighted by molar-refractivity contribution is -0.126. The van der Waals surface area contributed by atoms with Gasteiger partial charge in [-0.25, -0.2) is 18.7 Å². The van der Waals surface area contributed by atoms with Gasteiger partial charge < -0.3 is 5.32 Å². The van der Waals surface area contributed by atoms with Crippen molar-refractivity contribution in [3.05, 3.63) is 53.4 Å². The van der Waals surface area contributed by atoms with Crippen LogP contribution in [0.4, 0.5) is 14.7 Å². The molecule has 2 aromatic rings. The Kier molecular flexibility index (Phi) is 6.71. The highest BCUT2D eigenvalue weighted by atomic mass is 19.1. The minimum absolute atomic E-state index is 0.142. The molecule has 0 saturated heterocycles. The van der Waals surface area contributed by atoms with Crippen LogP contribution in [0.3, 0.4) is 0 Å². The van der Waals surface area contributed by atoms with Crippen molar-refractivity contribution >= 4 is 17.8 Å². The fourth-order valence-electron chi connectivity index (χ4n) is 2.36. The van der Waals surface area contributed by atoms with E-state index in [4.69, 9.17) is 0 Å². The summed E-state index contributed by atoms with van der Waals surface area (Å²) in [5, 5.41) is 5.13. The van der Waals surface area contributed by atoms with Gasteiger partial charge in [-0.3, -0.25) is 14.9 Å². The van der Waals surface area contributed by atoms with Crippen LogP contribution in [0.5, 0.6) is 0 Å². The molecule has 1 atom stereocenters. The first kappa shape index (κ1) is 19.4. The summed E-state index contributed by atoms with van der Waals surface area (Å²) in [4.78, 5) is 32.5. The molecule has 0 aliphatic carbocycles. The lowest BCUT2D eigenvalue weighted by atomic mass is 10.1. The van der Waals surface area contributed by atoms with Gasteiger partial charge in [-0.15, -0.1) is 0 Å². The number of nitrogens with one attached hydrogen (secondary N) is 2. The Hall–Kier alpha value is -2.90. The highest BCUT2D eigenvalue weighted by molar-refractivity contribution is 5.96. The standard InChI is InChI=1S/C18H20F2N4O2/c1-3-4-15(17(26)24-18-21-9-11(2)10-22-18)23-16(25)7-12-5-13(19)8-14(20)6-12/h5-6,8-10,15H,3-4,7H2,1-2H3,(H,23,25)(H,21,22,24,26). The molecule has 0 spiro atoms. The molecule has 138 valence electrons. The second-order valence-corrected chi connectivity index (χ2v) is 5.94. The van der Waals surface area contributed by atoms with Crippen LogP contribution >= 0.6 is 0 Å². The first-order valence-corrected chi connectivity index (χ1v) is 8.21. The zero-order valence-corrected chi connectivity index (χ0v) is 14.6. The molecular formula is C18H20F2N4O2. The van der Waals surface area contributed by atoms with Crippen molar-refractivity contribution < 1.29 is 18.4 Å². The maximum Gasteiger partial charge on any atom is 0.249 e. The zero-order chi connectivity index (χ0) is 19.1. The van der Waals surface area contributed by atoms with Gasteiger partial charge in [-0.2, -0.15) is 0 Å². The summed E-state index contributed by atoms with van der Waals surface area (Å²) in [6.07, 6.45) is 3.95. The largest absolute Gasteiger partial charge is 0.344 e. The summed E-state index contributed by atoms with van der Waals surface area (Å²) in [7, 11) is 0. The minimum atomic E-state index is -0.796. The lowest BCUT2D eigenvalue weighted by Crippen LogP contribution is -2.44. The van der Waals surface area contributed by atoms with Crippen molar-refractivity contribution in [1.29, 1.82) is 0 Å². The third-order valence-electron chi connectivity index (χ3n) is 3.53. The first-order chi connectivity index (χ1) is 12.4. The monoisotopic (exact) mass is 362 g/mol. The smallest absolute Gasteiger partial charge is 0.249 e. The molecule has 2 N–H and O–H groups in total. The molecule has 1 aromatic heterocycles. The Morgan fingerprint density at radius 3 is 2.31 bits per heavy atom. The van der Waals surface area contributed by atoms with Crippen LogP contribution in [0.2, 0.25) is 0 Å². The van der Waals surface area contributed by atoms with E-state index in [1.807, 2.05) is 13.8 Å². The Bertz CT molecular complexity index is 761. The average Bonchev–Trinajstić information content (AvgIpc) is 2.55. The molecule has 1 aromatic carbocycles. The van der Waals surface area contributed by atoms with Crippen molar-refractivity contribution in [3.63, 3.8) is 0 Å². The molecular weight excluding hydrogens is 342 g/mol. The van der Waals surface area contributed by atoms with E-state index in [1.165, 1.54) is 0 Å². The van der Waals surface area contributed by atoms with E-state index >= 15 is 0 Å². The molecule has 0 radical (unpaired) electrons. The predicted octanol–water partition coefficient (Wildman–Crippen LogP) is 2.53. The van der Waals surface area contributed by atoms with E-state index in [-0.39, 0.29) is 17.9 Å². The number of aromatic nitrogens is 2. The maximum absolute atomic E-state index is 13.2. The second kappa shape index (κ2) is 8.98. The Morgan fingerprint density at radius 1 is 1.12 bits per heavy atom. The number of nitrogens with zero attached hydrogens (tertiary/aromatic N) is 2. The van der Waals surface area contributed by atoms with Gasteiger partial charge in [-0.1, -0.05) is 13.3 Å². The number of aryl methyl sites for hydroxylation is 1. The SMILES string of the molecule is CCCC(NC(=O)Cc1cc(F)cc(F)c1)C(=O)Nc1ncc(C)cn1. The van der Waals surface area contributed by atoms with E-state index in [9.17, 15) is 18.4 Å². The Morgan fingerprint density at radius 2 is 1.73 bits per heavy atom. The number of hydrogen-bond donors (Lipinski definition) is 2. The van der Waals surface area contributed by atoms with Gasteiger partial charge >= 0.3 is 0 Å². The summed E-state index contributed by atoms with van der Waals surface area (Å²) < 4.78 is 26.4. The zero-order valence-electron chi connectivity index (χ0n) is 14.6. The normalized spacial score (nSPS) is 11.7. The molecule has 0 aliphatic heterocycles. The Balaban J connectivity index is 2.00. The predicted molar refractivity (Wildman–Crippen MR) is 92.3 cm³/mol. The number of anilines is 1. The van der Waals surface area contributed by atoms with Crippen LogP contribution in [0, 0.1) is 18.6 Å². The van der Waals surface area contributed by atoms with E-state index in [0.29, 0.717) is 12.8 Å². The van der Waals surface area contributed by atoms with Crippen LogP contribution in [-0.2, 0) is 16.0 Å². The van der Waals surface area contributed by atoms with Gasteiger partial charge in [-0.05, 0) is 36.6 Å². The number of carbonyl (C=O) groups is 2. The highest BCUT2D eigenvalue weighted by Gasteiger charge is 2.21. The number of hydrogen-bond acceptors (Lipinski definition) is 4. The van der Waals surface area contributed by atoms with E-state index < -0.39 is 29.5 Å². The number of benzene rings is 1. The van der Waals surface area contributed by atoms with E-state index in [0.717, 1.165) is 23.8 Å². The number of rotatable bonds is 7. The summed E-state index contributed by atoms with van der Waals surface area (Å²) in [6, 6.07) is 2.10. The molecule has 6 nitrogen and oxygen atoms in total. The molecule has 0 saturated carbocycles. The first-order valence-electron chi connectivity index (χ1n) is 8.21. The highest BCUT2D eigenvalue weighted by Crippen LogP contribution is 2.09. The minimum Gasteiger partial charge on any atom is -0.344 e. The lowest BCUT2D eigenvalue weighted by Gasteiger charge is -2.17.